The van der Waals surface area contributed by atoms with Crippen LogP contribution in [0.1, 0.15) is 45.9 Å². The molecule has 1 saturated heterocycles. The molecule has 3 rings (SSSR count). The van der Waals surface area contributed by atoms with E-state index in [1.54, 1.807) is 0 Å². The van der Waals surface area contributed by atoms with Crippen molar-refractivity contribution >= 4 is 28.4 Å². The fourth-order valence-electron chi connectivity index (χ4n) is 3.48. The van der Waals surface area contributed by atoms with Crippen LogP contribution in [0.3, 0.4) is 0 Å². The summed E-state index contributed by atoms with van der Waals surface area (Å²) in [6, 6.07) is 2.04. The summed E-state index contributed by atoms with van der Waals surface area (Å²) in [5.74, 6) is 1.41. The minimum absolute atomic E-state index is 0.355. The molecule has 0 aromatic carbocycles. The van der Waals surface area contributed by atoms with Crippen LogP contribution in [0.2, 0.25) is 0 Å². The fraction of sp³-hybridized carbons (Fsp3) is 0.435. The largest absolute Gasteiger partial charge is 0.370 e. The smallest absolute Gasteiger partial charge is 0.182 e. The number of anilines is 2. The van der Waals surface area contributed by atoms with Gasteiger partial charge in [-0.2, -0.15) is 5.10 Å². The zero-order chi connectivity index (χ0) is 22.8. The average molecular weight is 428 g/mol. The van der Waals surface area contributed by atoms with Crippen LogP contribution in [-0.2, 0) is 6.54 Å². The Bertz CT molecular complexity index is 966. The molecule has 2 aromatic rings. The molecule has 4 N–H and O–H groups in total. The molecule has 0 aliphatic carbocycles. The molecule has 3 heterocycles. The van der Waals surface area contributed by atoms with Crippen molar-refractivity contribution in [3.05, 3.63) is 47.8 Å². The van der Waals surface area contributed by atoms with Crippen LogP contribution in [0.5, 0.6) is 0 Å². The molecule has 1 aliphatic rings. The van der Waals surface area contributed by atoms with E-state index in [1.165, 1.54) is 19.3 Å². The summed E-state index contributed by atoms with van der Waals surface area (Å²) >= 11 is 0. The van der Waals surface area contributed by atoms with Gasteiger partial charge in [-0.1, -0.05) is 30.4 Å². The highest BCUT2D eigenvalue weighted by Crippen LogP contribution is 2.29. The van der Waals surface area contributed by atoms with Gasteiger partial charge in [-0.05, 0) is 45.6 Å². The number of nitrogens with two attached hydrogens (primary N) is 1. The lowest BCUT2D eigenvalue weighted by molar-refractivity contribution is 0.578. The maximum atomic E-state index is 9.50. The monoisotopic (exact) mass is 427 g/mol. The molecule has 1 fully saturated rings. The predicted molar refractivity (Wildman–Crippen MR) is 129 cm³/mol. The quantitative estimate of drug-likeness (QED) is 0.333. The molecule has 0 unspecified atom stereocenters. The van der Waals surface area contributed by atoms with E-state index in [9.17, 15) is 4.39 Å². The van der Waals surface area contributed by atoms with E-state index in [2.05, 4.69) is 37.0 Å². The van der Waals surface area contributed by atoms with Gasteiger partial charge in [0.1, 0.15) is 11.3 Å². The Hall–Kier alpha value is -3.00. The van der Waals surface area contributed by atoms with Crippen LogP contribution in [0.15, 0.2) is 47.1 Å². The number of imidazole rings is 1. The van der Waals surface area contributed by atoms with Gasteiger partial charge < -0.3 is 15.6 Å². The molecule has 31 heavy (non-hydrogen) atoms. The van der Waals surface area contributed by atoms with E-state index in [1.807, 2.05) is 45.1 Å². The first-order chi connectivity index (χ1) is 15.0. The zero-order valence-corrected chi connectivity index (χ0v) is 19.0. The van der Waals surface area contributed by atoms with Crippen molar-refractivity contribution < 1.29 is 4.39 Å². The van der Waals surface area contributed by atoms with Crippen molar-refractivity contribution in [1.82, 2.24) is 15.0 Å². The number of piperidine rings is 1. The molecule has 0 radical (unpaired) electrons. The van der Waals surface area contributed by atoms with E-state index in [0.717, 1.165) is 47.0 Å². The lowest BCUT2D eigenvalue weighted by Gasteiger charge is -2.29. The highest BCUT2D eigenvalue weighted by molar-refractivity contribution is 6.01. The van der Waals surface area contributed by atoms with E-state index in [0.29, 0.717) is 25.2 Å². The highest BCUT2D eigenvalue weighted by Gasteiger charge is 2.18. The van der Waals surface area contributed by atoms with Crippen molar-refractivity contribution in [2.75, 3.05) is 30.6 Å². The minimum Gasteiger partial charge on any atom is -0.370 e. The number of nitrogens with one attached hydrogen (secondary N) is 2. The first kappa shape index (κ1) is 24.3. The van der Waals surface area contributed by atoms with Crippen molar-refractivity contribution in [3.63, 3.8) is 0 Å². The summed E-state index contributed by atoms with van der Waals surface area (Å²) in [7, 11) is 0.500. The second kappa shape index (κ2) is 12.0. The van der Waals surface area contributed by atoms with Gasteiger partial charge in [0.25, 0.3) is 0 Å². The Balaban J connectivity index is 0.00000166. The summed E-state index contributed by atoms with van der Waals surface area (Å²) in [5, 5.41) is 4.55. The Morgan fingerprint density at radius 2 is 2.00 bits per heavy atom. The molecule has 2 aromatic heterocycles. The van der Waals surface area contributed by atoms with Gasteiger partial charge >= 0.3 is 0 Å². The third kappa shape index (κ3) is 6.49. The van der Waals surface area contributed by atoms with Crippen LogP contribution in [0, 0.1) is 0 Å². The molecule has 8 heteroatoms. The van der Waals surface area contributed by atoms with Gasteiger partial charge in [0.2, 0.25) is 0 Å². The van der Waals surface area contributed by atoms with Gasteiger partial charge in [-0.25, -0.2) is 9.97 Å². The predicted octanol–water partition coefficient (Wildman–Crippen LogP) is 4.86. The molecular weight excluding hydrogens is 393 g/mol. The standard InChI is InChI=1S/C22H31N7.CH3F/c1-5-9-17(12-15(2)3)16(4)27-28-19-13-18(29-10-7-6-8-11-29)21-22(25-19)26-20(14-23)24-21;1-2/h5,9,12-13H,2,6-8,10-11,14,23H2,1,3-4H3,(H2,24,25,26,28);1H3/b9-5-,17-12+,27-16+;. The van der Waals surface area contributed by atoms with E-state index < -0.39 is 0 Å². The number of aromatic amines is 1. The van der Waals surface area contributed by atoms with E-state index >= 15 is 0 Å². The summed E-state index contributed by atoms with van der Waals surface area (Å²) in [5.41, 5.74) is 14.5. The summed E-state index contributed by atoms with van der Waals surface area (Å²) in [6.07, 6.45) is 9.69. The van der Waals surface area contributed by atoms with Gasteiger partial charge in [0, 0.05) is 19.2 Å². The van der Waals surface area contributed by atoms with Gasteiger partial charge in [0.15, 0.2) is 11.5 Å². The third-order valence-electron chi connectivity index (χ3n) is 4.88. The number of aromatic nitrogens is 3. The molecule has 168 valence electrons. The number of nitrogens with zero attached hydrogens (tertiary/aromatic N) is 4. The van der Waals surface area contributed by atoms with Gasteiger partial charge in [-0.3, -0.25) is 9.82 Å². The van der Waals surface area contributed by atoms with Crippen LogP contribution in [0.25, 0.3) is 11.2 Å². The molecule has 7 nitrogen and oxygen atoms in total. The van der Waals surface area contributed by atoms with Crippen molar-refractivity contribution in [2.45, 2.75) is 46.6 Å². The normalized spacial score (nSPS) is 15.2. The maximum Gasteiger partial charge on any atom is 0.182 e. The lowest BCUT2D eigenvalue weighted by atomic mass is 10.1. The number of rotatable bonds is 7. The molecule has 0 bridgehead atoms. The topological polar surface area (TPSA) is 95.2 Å². The minimum atomic E-state index is 0.355. The zero-order valence-electron chi connectivity index (χ0n) is 19.0. The molecule has 0 amide bonds. The Morgan fingerprint density at radius 1 is 1.29 bits per heavy atom. The SMILES string of the molecule is C=C(C)/C=C(\C=C/C)C(/C)=N/Nc1cc(N2CCCCC2)c2[nH]c(CN)nc2n1.CF. The lowest BCUT2D eigenvalue weighted by Crippen LogP contribution is -2.29. The molecular formula is C23H34FN7. The average Bonchev–Trinajstić information content (AvgIpc) is 3.21. The summed E-state index contributed by atoms with van der Waals surface area (Å²) < 4.78 is 9.50. The second-order valence-electron chi connectivity index (χ2n) is 7.42. The first-order valence-corrected chi connectivity index (χ1v) is 10.5. The number of pyridine rings is 1. The number of fused-ring (bicyclic) bond motifs is 1. The second-order valence-corrected chi connectivity index (χ2v) is 7.42. The van der Waals surface area contributed by atoms with Gasteiger partial charge in [0.05, 0.1) is 25.1 Å². The Morgan fingerprint density at radius 3 is 2.61 bits per heavy atom. The number of H-pyrrole nitrogens is 1. The molecule has 0 spiro atoms. The fourth-order valence-corrected chi connectivity index (χ4v) is 3.48. The highest BCUT2D eigenvalue weighted by atomic mass is 19.1. The molecule has 0 saturated carbocycles. The summed E-state index contributed by atoms with van der Waals surface area (Å²) in [6.45, 7) is 12.3. The van der Waals surface area contributed by atoms with Crippen LogP contribution >= 0.6 is 0 Å². The van der Waals surface area contributed by atoms with Crippen molar-refractivity contribution in [2.24, 2.45) is 10.8 Å². The number of allylic oxidation sites excluding steroid dienone is 5. The number of hydrogen-bond acceptors (Lipinski definition) is 6. The van der Waals surface area contributed by atoms with Crippen LogP contribution in [-0.4, -0.2) is 40.9 Å². The van der Waals surface area contributed by atoms with Crippen molar-refractivity contribution in [1.29, 1.82) is 0 Å². The third-order valence-corrected chi connectivity index (χ3v) is 4.88. The number of hydrazone groups is 1. The number of halogens is 1. The summed E-state index contributed by atoms with van der Waals surface area (Å²) in [4.78, 5) is 14.9. The Kier molecular flexibility index (Phi) is 9.40. The number of hydrogen-bond donors (Lipinski definition) is 3. The van der Waals surface area contributed by atoms with Crippen LogP contribution < -0.4 is 16.1 Å². The molecule has 0 atom stereocenters. The first-order valence-electron chi connectivity index (χ1n) is 10.5. The maximum absolute atomic E-state index is 9.50. The van der Waals surface area contributed by atoms with E-state index in [-0.39, 0.29) is 0 Å². The van der Waals surface area contributed by atoms with Crippen LogP contribution in [0.4, 0.5) is 15.9 Å². The van der Waals surface area contributed by atoms with E-state index in [4.69, 9.17) is 5.73 Å². The number of alkyl halides is 1. The molecule has 1 aliphatic heterocycles. The van der Waals surface area contributed by atoms with Crippen molar-refractivity contribution in [3.8, 4) is 0 Å². The Labute approximate surface area is 184 Å². The van der Waals surface area contributed by atoms with Gasteiger partial charge in [-0.15, -0.1) is 0 Å².